The number of carboxylic acid groups (broad SMARTS) is 1. The van der Waals surface area contributed by atoms with E-state index in [9.17, 15) is 4.79 Å². The summed E-state index contributed by atoms with van der Waals surface area (Å²) in [6.07, 6.45) is 8.08. The first-order valence-corrected chi connectivity index (χ1v) is 12.9. The maximum absolute atomic E-state index is 10.9. The Balaban J connectivity index is 0.000000192. The van der Waals surface area contributed by atoms with Crippen LogP contribution >= 0.6 is 0 Å². The minimum Gasteiger partial charge on any atom is -0.492 e. The number of aromatic carboxylic acids is 1. The molecule has 2 aromatic rings. The van der Waals surface area contributed by atoms with E-state index >= 15 is 0 Å². The van der Waals surface area contributed by atoms with Crippen LogP contribution in [-0.2, 0) is 0 Å². The molecule has 2 aliphatic heterocycles. The maximum Gasteiger partial charge on any atom is 0.352 e. The Morgan fingerprint density at radius 3 is 2.26 bits per heavy atom. The number of benzene rings is 1. The predicted octanol–water partition coefficient (Wildman–Crippen LogP) is 4.58. The third-order valence-corrected chi connectivity index (χ3v) is 6.58. The van der Waals surface area contributed by atoms with Crippen LogP contribution in [0.2, 0.25) is 0 Å². The molecule has 34 heavy (non-hydrogen) atoms. The van der Waals surface area contributed by atoms with E-state index < -0.39 is 5.97 Å². The Hall–Kier alpha value is -2.09. The van der Waals surface area contributed by atoms with Gasteiger partial charge in [-0.15, -0.1) is 0 Å². The van der Waals surface area contributed by atoms with E-state index in [0.29, 0.717) is 18.4 Å². The molecule has 4 rings (SSSR count). The largest absolute Gasteiger partial charge is 0.492 e. The number of aromatic amines is 1. The predicted molar refractivity (Wildman–Crippen MR) is 139 cm³/mol. The zero-order chi connectivity index (χ0) is 24.6. The second-order valence-corrected chi connectivity index (χ2v) is 11.0. The molecule has 4 N–H and O–H groups in total. The average Bonchev–Trinajstić information content (AvgIpc) is 3.07. The van der Waals surface area contributed by atoms with Crippen LogP contribution in [0.5, 0.6) is 5.75 Å². The van der Waals surface area contributed by atoms with E-state index in [2.05, 4.69) is 35.6 Å². The lowest BCUT2D eigenvalue weighted by atomic mass is 9.99. The Morgan fingerprint density at radius 2 is 1.68 bits per heavy atom. The van der Waals surface area contributed by atoms with Crippen molar-refractivity contribution in [3.8, 4) is 5.75 Å². The topological polar surface area (TPSA) is 94.8 Å². The molecule has 0 radical (unpaired) electrons. The molecule has 7 heteroatoms. The molecule has 0 spiro atoms. The van der Waals surface area contributed by atoms with Crippen molar-refractivity contribution in [3.63, 3.8) is 0 Å². The summed E-state index contributed by atoms with van der Waals surface area (Å²) in [6.45, 7) is 14.5. The fourth-order valence-electron chi connectivity index (χ4n) is 4.48. The molecule has 2 fully saturated rings. The van der Waals surface area contributed by atoms with Gasteiger partial charge in [0.05, 0.1) is 6.61 Å². The van der Waals surface area contributed by atoms with Gasteiger partial charge in [-0.05, 0) is 75.5 Å². The monoisotopic (exact) mass is 472 g/mol. The van der Waals surface area contributed by atoms with Gasteiger partial charge in [-0.2, -0.15) is 0 Å². The van der Waals surface area contributed by atoms with E-state index in [0.717, 1.165) is 10.9 Å². The van der Waals surface area contributed by atoms with Crippen LogP contribution in [0.15, 0.2) is 24.3 Å². The molecule has 0 saturated carbocycles. The van der Waals surface area contributed by atoms with Crippen molar-refractivity contribution in [3.05, 3.63) is 30.0 Å². The zero-order valence-electron chi connectivity index (χ0n) is 21.3. The smallest absolute Gasteiger partial charge is 0.352 e. The Kier molecular flexibility index (Phi) is 9.80. The summed E-state index contributed by atoms with van der Waals surface area (Å²) in [6, 6.07) is 7.62. The molecule has 7 nitrogen and oxygen atoms in total. The molecule has 2 saturated heterocycles. The molecule has 0 aliphatic carbocycles. The van der Waals surface area contributed by atoms with Crippen molar-refractivity contribution >= 4 is 16.9 Å². The number of nitrogens with zero attached hydrogens (tertiary/aromatic N) is 2. The van der Waals surface area contributed by atoms with Crippen LogP contribution in [0.25, 0.3) is 10.9 Å². The zero-order valence-corrected chi connectivity index (χ0v) is 21.3. The lowest BCUT2D eigenvalue weighted by Crippen LogP contribution is -2.43. The number of hydrogen-bond acceptors (Lipinski definition) is 5. The Bertz CT molecular complexity index is 889. The highest BCUT2D eigenvalue weighted by molar-refractivity contribution is 5.96. The van der Waals surface area contributed by atoms with Crippen LogP contribution in [0.4, 0.5) is 0 Å². The van der Waals surface area contributed by atoms with E-state index in [1.165, 1.54) is 77.8 Å². The highest BCUT2D eigenvalue weighted by Gasteiger charge is 2.17. The number of nitrogens with one attached hydrogen (secondary N) is 1. The number of rotatable bonds is 6. The summed E-state index contributed by atoms with van der Waals surface area (Å²) >= 11 is 0. The van der Waals surface area contributed by atoms with Gasteiger partial charge in [-0.25, -0.2) is 4.79 Å². The first kappa shape index (κ1) is 26.5. The standard InChI is InChI=1S/C14H17NO3.C13H27N3/c1-14(2,3)8-18-12-6-4-5-10-9(12)7-11(15-10)13(16)17;14-13-5-9-16(10-6-13)12-11-15-7-3-1-2-4-8-15/h4-7,15H,8H2,1-3H3,(H,16,17);13H,1-12,14H2. The van der Waals surface area contributed by atoms with Gasteiger partial charge in [-0.1, -0.05) is 39.7 Å². The summed E-state index contributed by atoms with van der Waals surface area (Å²) in [4.78, 5) is 19.0. The lowest BCUT2D eigenvalue weighted by molar-refractivity contribution is 0.0691. The van der Waals surface area contributed by atoms with Crippen LogP contribution in [0, 0.1) is 5.41 Å². The van der Waals surface area contributed by atoms with Gasteiger partial charge in [0, 0.05) is 30.0 Å². The van der Waals surface area contributed by atoms with Crippen LogP contribution in [0.1, 0.15) is 69.8 Å². The lowest BCUT2D eigenvalue weighted by Gasteiger charge is -2.32. The van der Waals surface area contributed by atoms with Crippen molar-refractivity contribution in [1.82, 2.24) is 14.8 Å². The fourth-order valence-corrected chi connectivity index (χ4v) is 4.48. The minimum absolute atomic E-state index is 0.0636. The average molecular weight is 473 g/mol. The van der Waals surface area contributed by atoms with Gasteiger partial charge in [-0.3, -0.25) is 0 Å². The highest BCUT2D eigenvalue weighted by atomic mass is 16.5. The molecule has 0 atom stereocenters. The van der Waals surface area contributed by atoms with E-state index in [1.54, 1.807) is 6.07 Å². The summed E-state index contributed by atoms with van der Waals surface area (Å²) in [5, 5.41) is 9.77. The maximum atomic E-state index is 10.9. The number of carboxylic acids is 1. The van der Waals surface area contributed by atoms with E-state index in [-0.39, 0.29) is 11.1 Å². The van der Waals surface area contributed by atoms with Gasteiger partial charge in [0.1, 0.15) is 11.4 Å². The number of H-pyrrole nitrogens is 1. The Labute approximate surface area is 204 Å². The molecule has 3 heterocycles. The number of aromatic nitrogens is 1. The van der Waals surface area contributed by atoms with E-state index in [4.69, 9.17) is 15.6 Å². The van der Waals surface area contributed by atoms with Crippen molar-refractivity contribution in [2.24, 2.45) is 11.1 Å². The number of hydrogen-bond donors (Lipinski definition) is 3. The Morgan fingerprint density at radius 1 is 1.06 bits per heavy atom. The molecule has 190 valence electrons. The molecular formula is C27H44N4O3. The first-order valence-electron chi connectivity index (χ1n) is 12.9. The number of fused-ring (bicyclic) bond motifs is 1. The fraction of sp³-hybridized carbons (Fsp3) is 0.667. The van der Waals surface area contributed by atoms with Gasteiger partial charge in [0.15, 0.2) is 0 Å². The summed E-state index contributed by atoms with van der Waals surface area (Å²) in [7, 11) is 0. The third kappa shape index (κ3) is 8.60. The molecular weight excluding hydrogens is 428 g/mol. The first-order chi connectivity index (χ1) is 16.2. The number of ether oxygens (including phenoxy) is 1. The highest BCUT2D eigenvalue weighted by Crippen LogP contribution is 2.28. The van der Waals surface area contributed by atoms with Crippen LogP contribution in [-0.4, -0.2) is 77.8 Å². The van der Waals surface area contributed by atoms with E-state index in [1.807, 2.05) is 18.2 Å². The third-order valence-electron chi connectivity index (χ3n) is 6.58. The SMILES string of the molecule is CC(C)(C)COc1cccc2[nH]c(C(=O)O)cc12.NC1CCN(CCN2CCCCCC2)CC1. The molecule has 0 amide bonds. The van der Waals surface area contributed by atoms with Gasteiger partial charge < -0.3 is 30.4 Å². The number of nitrogens with two attached hydrogens (primary N) is 1. The van der Waals surface area contributed by atoms with Crippen LogP contribution in [0.3, 0.4) is 0 Å². The van der Waals surface area contributed by atoms with Gasteiger partial charge >= 0.3 is 5.97 Å². The van der Waals surface area contributed by atoms with Crippen LogP contribution < -0.4 is 10.5 Å². The number of likely N-dealkylation sites (tertiary alicyclic amines) is 2. The molecule has 1 aromatic heterocycles. The number of carbonyl (C=O) groups is 1. The quantitative estimate of drug-likeness (QED) is 0.570. The number of piperidine rings is 1. The second-order valence-electron chi connectivity index (χ2n) is 11.0. The van der Waals surface area contributed by atoms with Crippen molar-refractivity contribution in [2.75, 3.05) is 45.9 Å². The summed E-state index contributed by atoms with van der Waals surface area (Å²) in [5.41, 5.74) is 6.94. The molecule has 0 bridgehead atoms. The summed E-state index contributed by atoms with van der Waals surface area (Å²) in [5.74, 6) is -0.251. The minimum atomic E-state index is -0.965. The normalized spacial score (nSPS) is 18.8. The molecule has 0 unspecified atom stereocenters. The van der Waals surface area contributed by atoms with Gasteiger partial charge in [0.2, 0.25) is 0 Å². The van der Waals surface area contributed by atoms with Crippen molar-refractivity contribution in [1.29, 1.82) is 0 Å². The molecule has 1 aromatic carbocycles. The molecule has 2 aliphatic rings. The van der Waals surface area contributed by atoms with Gasteiger partial charge in [0.25, 0.3) is 0 Å². The van der Waals surface area contributed by atoms with Crippen molar-refractivity contribution in [2.45, 2.75) is 65.3 Å². The summed E-state index contributed by atoms with van der Waals surface area (Å²) < 4.78 is 5.76. The second kappa shape index (κ2) is 12.6. The van der Waals surface area contributed by atoms with Crippen molar-refractivity contribution < 1.29 is 14.6 Å².